The lowest BCUT2D eigenvalue weighted by Gasteiger charge is -2.13. The predicted octanol–water partition coefficient (Wildman–Crippen LogP) is 1.92. The Morgan fingerprint density at radius 2 is 2.00 bits per heavy atom. The van der Waals surface area contributed by atoms with Crippen LogP contribution in [-0.4, -0.2) is 42.8 Å². The fourth-order valence-corrected chi connectivity index (χ4v) is 2.31. The summed E-state index contributed by atoms with van der Waals surface area (Å²) in [6.45, 7) is 3.77. The number of methoxy groups -OCH3 is 1. The lowest BCUT2D eigenvalue weighted by molar-refractivity contribution is 0.187. The van der Waals surface area contributed by atoms with E-state index in [1.54, 1.807) is 13.3 Å². The van der Waals surface area contributed by atoms with Gasteiger partial charge >= 0.3 is 0 Å². The largest absolute Gasteiger partial charge is 0.497 e. The first kappa shape index (κ1) is 18.7. The van der Waals surface area contributed by atoms with E-state index in [9.17, 15) is 5.11 Å². The Kier molecular flexibility index (Phi) is 7.72. The highest BCUT2D eigenvalue weighted by Crippen LogP contribution is 2.17. The van der Waals surface area contributed by atoms with Crippen LogP contribution in [0.4, 0.5) is 0 Å². The maximum Gasteiger partial charge on any atom is 0.191 e. The van der Waals surface area contributed by atoms with Crippen LogP contribution in [0.3, 0.4) is 0 Å². The molecule has 6 nitrogen and oxygen atoms in total. The normalized spacial score (nSPS) is 12.5. The molecule has 0 aliphatic carbocycles. The summed E-state index contributed by atoms with van der Waals surface area (Å²) in [5.74, 6) is 1.45. The molecule has 0 amide bonds. The second kappa shape index (κ2) is 10.3. The summed E-state index contributed by atoms with van der Waals surface area (Å²) in [6.07, 6.45) is 1.95. The molecule has 0 saturated carbocycles. The van der Waals surface area contributed by atoms with Gasteiger partial charge < -0.3 is 20.5 Å². The van der Waals surface area contributed by atoms with E-state index in [1.807, 2.05) is 49.4 Å². The van der Waals surface area contributed by atoms with Crippen molar-refractivity contribution in [3.8, 4) is 5.75 Å². The van der Waals surface area contributed by atoms with E-state index in [1.165, 1.54) is 0 Å². The van der Waals surface area contributed by atoms with Gasteiger partial charge in [0.05, 0.1) is 19.8 Å². The Morgan fingerprint density at radius 1 is 1.20 bits per heavy atom. The van der Waals surface area contributed by atoms with Gasteiger partial charge in [0, 0.05) is 31.4 Å². The number of aliphatic imine (C=N–C) groups is 1. The Labute approximate surface area is 149 Å². The number of rotatable bonds is 8. The number of aliphatic hydroxyl groups excluding tert-OH is 1. The molecule has 0 bridgehead atoms. The van der Waals surface area contributed by atoms with Crippen LogP contribution in [0.25, 0.3) is 0 Å². The highest BCUT2D eigenvalue weighted by molar-refractivity contribution is 5.79. The molecule has 0 aliphatic heterocycles. The van der Waals surface area contributed by atoms with Gasteiger partial charge in [-0.15, -0.1) is 0 Å². The summed E-state index contributed by atoms with van der Waals surface area (Å²) in [7, 11) is 1.62. The number of aliphatic hydroxyl groups is 1. The van der Waals surface area contributed by atoms with Gasteiger partial charge in [-0.3, -0.25) is 9.98 Å². The van der Waals surface area contributed by atoms with Crippen LogP contribution in [0.2, 0.25) is 0 Å². The van der Waals surface area contributed by atoms with E-state index in [0.717, 1.165) is 36.5 Å². The van der Waals surface area contributed by atoms with Crippen molar-refractivity contribution in [1.29, 1.82) is 0 Å². The molecule has 0 fully saturated rings. The first-order valence-electron chi connectivity index (χ1n) is 8.47. The number of guanidine groups is 1. The smallest absolute Gasteiger partial charge is 0.191 e. The molecule has 0 aliphatic rings. The topological polar surface area (TPSA) is 78.8 Å². The van der Waals surface area contributed by atoms with Crippen LogP contribution >= 0.6 is 0 Å². The van der Waals surface area contributed by atoms with E-state index in [0.29, 0.717) is 5.96 Å². The highest BCUT2D eigenvalue weighted by Gasteiger charge is 2.08. The molecule has 0 spiro atoms. The highest BCUT2D eigenvalue weighted by atomic mass is 16.5. The SMILES string of the molecule is CCNC(=NCC(O)c1ccc(OC)cc1)NCCc1ccccn1. The second-order valence-electron chi connectivity index (χ2n) is 5.51. The number of hydrogen-bond acceptors (Lipinski definition) is 4. The van der Waals surface area contributed by atoms with Crippen LogP contribution in [0.5, 0.6) is 5.75 Å². The Morgan fingerprint density at radius 3 is 2.64 bits per heavy atom. The first-order chi connectivity index (χ1) is 12.2. The van der Waals surface area contributed by atoms with E-state index < -0.39 is 6.10 Å². The number of hydrogen-bond donors (Lipinski definition) is 3. The van der Waals surface area contributed by atoms with Crippen molar-refractivity contribution in [2.45, 2.75) is 19.4 Å². The molecule has 1 atom stereocenters. The van der Waals surface area contributed by atoms with Gasteiger partial charge in [0.25, 0.3) is 0 Å². The molecule has 6 heteroatoms. The number of ether oxygens (including phenoxy) is 1. The maximum absolute atomic E-state index is 10.3. The van der Waals surface area contributed by atoms with Crippen molar-refractivity contribution in [1.82, 2.24) is 15.6 Å². The zero-order valence-electron chi connectivity index (χ0n) is 14.8. The zero-order chi connectivity index (χ0) is 17.9. The molecule has 2 rings (SSSR count). The maximum atomic E-state index is 10.3. The number of aromatic nitrogens is 1. The van der Waals surface area contributed by atoms with Gasteiger partial charge in [-0.1, -0.05) is 18.2 Å². The summed E-state index contributed by atoms with van der Waals surface area (Å²) < 4.78 is 5.13. The van der Waals surface area contributed by atoms with Gasteiger partial charge in [0.2, 0.25) is 0 Å². The van der Waals surface area contributed by atoms with Gasteiger partial charge in [0.1, 0.15) is 5.75 Å². The lowest BCUT2D eigenvalue weighted by Crippen LogP contribution is -2.38. The molecule has 134 valence electrons. The number of pyridine rings is 1. The molecule has 0 radical (unpaired) electrons. The molecule has 1 aromatic heterocycles. The molecule has 3 N–H and O–H groups in total. The number of benzene rings is 1. The summed E-state index contributed by atoms with van der Waals surface area (Å²) in [5, 5.41) is 16.7. The van der Waals surface area contributed by atoms with Gasteiger partial charge in [-0.25, -0.2) is 0 Å². The van der Waals surface area contributed by atoms with Crippen LogP contribution in [0, 0.1) is 0 Å². The van der Waals surface area contributed by atoms with Crippen LogP contribution < -0.4 is 15.4 Å². The Bertz CT molecular complexity index is 644. The average Bonchev–Trinajstić information content (AvgIpc) is 2.66. The van der Waals surface area contributed by atoms with E-state index in [2.05, 4.69) is 20.6 Å². The molecule has 25 heavy (non-hydrogen) atoms. The number of nitrogens with one attached hydrogen (secondary N) is 2. The predicted molar refractivity (Wildman–Crippen MR) is 99.9 cm³/mol. The first-order valence-corrected chi connectivity index (χ1v) is 8.47. The van der Waals surface area contributed by atoms with E-state index in [-0.39, 0.29) is 6.54 Å². The van der Waals surface area contributed by atoms with E-state index in [4.69, 9.17) is 4.74 Å². The lowest BCUT2D eigenvalue weighted by atomic mass is 10.1. The van der Waals surface area contributed by atoms with Crippen molar-refractivity contribution < 1.29 is 9.84 Å². The van der Waals surface area contributed by atoms with Gasteiger partial charge in [0.15, 0.2) is 5.96 Å². The summed E-state index contributed by atoms with van der Waals surface area (Å²) in [5.41, 5.74) is 1.85. The quantitative estimate of drug-likeness (QED) is 0.505. The summed E-state index contributed by atoms with van der Waals surface area (Å²) in [4.78, 5) is 8.76. The van der Waals surface area contributed by atoms with Gasteiger partial charge in [-0.05, 0) is 36.8 Å². The molecule has 2 aromatic rings. The minimum Gasteiger partial charge on any atom is -0.497 e. The molecule has 1 unspecified atom stereocenters. The third-order valence-electron chi connectivity index (χ3n) is 3.67. The monoisotopic (exact) mass is 342 g/mol. The molecule has 1 heterocycles. The van der Waals surface area contributed by atoms with Crippen molar-refractivity contribution in [2.75, 3.05) is 26.7 Å². The van der Waals surface area contributed by atoms with Crippen molar-refractivity contribution in [2.24, 2.45) is 4.99 Å². The third-order valence-corrected chi connectivity index (χ3v) is 3.67. The average molecular weight is 342 g/mol. The fraction of sp³-hybridized carbons (Fsp3) is 0.368. The number of nitrogens with zero attached hydrogens (tertiary/aromatic N) is 2. The zero-order valence-corrected chi connectivity index (χ0v) is 14.8. The van der Waals surface area contributed by atoms with Crippen LogP contribution in [0.1, 0.15) is 24.3 Å². The van der Waals surface area contributed by atoms with Crippen LogP contribution in [-0.2, 0) is 6.42 Å². The minimum absolute atomic E-state index is 0.283. The van der Waals surface area contributed by atoms with E-state index >= 15 is 0 Å². The molecule has 0 saturated heterocycles. The second-order valence-corrected chi connectivity index (χ2v) is 5.51. The standard InChI is InChI=1S/C19H26N4O2/c1-3-20-19(22-13-11-16-6-4-5-12-21-16)23-14-18(24)15-7-9-17(25-2)10-8-15/h4-10,12,18,24H,3,11,13-14H2,1-2H3,(H2,20,22,23). The van der Waals surface area contributed by atoms with Crippen LogP contribution in [0.15, 0.2) is 53.7 Å². The Balaban J connectivity index is 1.86. The molecular weight excluding hydrogens is 316 g/mol. The van der Waals surface area contributed by atoms with Crippen molar-refractivity contribution in [3.63, 3.8) is 0 Å². The minimum atomic E-state index is -0.655. The molecular formula is C19H26N4O2. The van der Waals surface area contributed by atoms with Crippen molar-refractivity contribution >= 4 is 5.96 Å². The Hall–Kier alpha value is -2.60. The fourth-order valence-electron chi connectivity index (χ4n) is 2.31. The van der Waals surface area contributed by atoms with Gasteiger partial charge in [-0.2, -0.15) is 0 Å². The molecule has 1 aromatic carbocycles. The third kappa shape index (κ3) is 6.43. The summed E-state index contributed by atoms with van der Waals surface area (Å²) >= 11 is 0. The van der Waals surface area contributed by atoms with Crippen molar-refractivity contribution in [3.05, 3.63) is 59.9 Å². The summed E-state index contributed by atoms with van der Waals surface area (Å²) in [6, 6.07) is 13.2.